The van der Waals surface area contributed by atoms with E-state index in [-0.39, 0.29) is 18.3 Å². The number of benzene rings is 3. The summed E-state index contributed by atoms with van der Waals surface area (Å²) in [7, 11) is 0. The number of allylic oxidation sites excluding steroid dienone is 1. The molecule has 1 atom stereocenters. The summed E-state index contributed by atoms with van der Waals surface area (Å²) in [5, 5.41) is 0. The highest BCUT2D eigenvalue weighted by Gasteiger charge is 2.33. The van der Waals surface area contributed by atoms with Crippen LogP contribution in [0.25, 0.3) is 6.08 Å². The molecule has 0 unspecified atom stereocenters. The van der Waals surface area contributed by atoms with Gasteiger partial charge in [0.25, 0.3) is 5.56 Å². The first-order valence-corrected chi connectivity index (χ1v) is 16.7. The molecule has 47 heavy (non-hydrogen) atoms. The van der Waals surface area contributed by atoms with Gasteiger partial charge < -0.3 is 18.9 Å². The molecule has 1 aromatic heterocycles. The number of nitrogens with zero attached hydrogens (tertiary/aromatic N) is 2. The fraction of sp³-hybridized carbons (Fsp3) is 0.342. The van der Waals surface area contributed by atoms with E-state index < -0.39 is 12.0 Å². The molecule has 1 aliphatic heterocycles. The van der Waals surface area contributed by atoms with Crippen molar-refractivity contribution >= 4 is 23.4 Å². The number of fused-ring (bicyclic) bond motifs is 1. The summed E-state index contributed by atoms with van der Waals surface area (Å²) < 4.78 is 25.5. The van der Waals surface area contributed by atoms with Crippen LogP contribution in [0.2, 0.25) is 0 Å². The van der Waals surface area contributed by atoms with Crippen molar-refractivity contribution in [2.75, 3.05) is 13.2 Å². The van der Waals surface area contributed by atoms with E-state index in [9.17, 15) is 9.59 Å². The third kappa shape index (κ3) is 7.36. The number of aryl methyl sites for hydroxylation is 3. The molecule has 0 bridgehead atoms. The summed E-state index contributed by atoms with van der Waals surface area (Å²) in [5.74, 6) is 1.43. The Balaban J connectivity index is 1.54. The topological polar surface area (TPSA) is 88.4 Å². The lowest BCUT2D eigenvalue weighted by Gasteiger charge is -2.25. The molecule has 0 amide bonds. The van der Waals surface area contributed by atoms with Crippen LogP contribution in [0.3, 0.4) is 0 Å². The van der Waals surface area contributed by atoms with Crippen molar-refractivity contribution in [3.8, 4) is 17.2 Å². The monoisotopic (exact) mass is 654 g/mol. The largest absolute Gasteiger partial charge is 0.491 e. The van der Waals surface area contributed by atoms with E-state index in [0.717, 1.165) is 16.7 Å². The van der Waals surface area contributed by atoms with Crippen LogP contribution in [0, 0.1) is 20.8 Å². The molecule has 1 aliphatic rings. The Kier molecular flexibility index (Phi) is 10.3. The first-order chi connectivity index (χ1) is 22.5. The second kappa shape index (κ2) is 14.4. The Labute approximate surface area is 279 Å². The van der Waals surface area contributed by atoms with Gasteiger partial charge in [0.05, 0.1) is 41.2 Å². The second-order valence-corrected chi connectivity index (χ2v) is 12.9. The van der Waals surface area contributed by atoms with Crippen LogP contribution < -0.4 is 29.1 Å². The predicted octanol–water partition coefficient (Wildman–Crippen LogP) is 6.49. The van der Waals surface area contributed by atoms with Gasteiger partial charge in [0.1, 0.15) is 12.4 Å². The summed E-state index contributed by atoms with van der Waals surface area (Å²) >= 11 is 1.28. The molecule has 0 spiro atoms. The molecular weight excluding hydrogens is 612 g/mol. The molecule has 5 rings (SSSR count). The van der Waals surface area contributed by atoms with Crippen molar-refractivity contribution in [2.24, 2.45) is 4.99 Å². The zero-order valence-corrected chi connectivity index (χ0v) is 29.1. The Hall–Kier alpha value is -4.63. The van der Waals surface area contributed by atoms with Crippen LogP contribution >= 0.6 is 11.3 Å². The van der Waals surface area contributed by atoms with Crippen LogP contribution in [0.15, 0.2) is 75.7 Å². The number of thiazole rings is 1. The van der Waals surface area contributed by atoms with E-state index >= 15 is 0 Å². The molecule has 0 saturated carbocycles. The molecule has 3 aromatic carbocycles. The normalized spacial score (nSPS) is 14.6. The minimum atomic E-state index is -0.705. The number of carbonyl (C=O) groups is 1. The summed E-state index contributed by atoms with van der Waals surface area (Å²) in [6, 6.07) is 16.7. The van der Waals surface area contributed by atoms with Crippen molar-refractivity contribution in [3.05, 3.63) is 119 Å². The first kappa shape index (κ1) is 33.7. The summed E-state index contributed by atoms with van der Waals surface area (Å²) in [5.41, 5.74) is 6.88. The highest BCUT2D eigenvalue weighted by molar-refractivity contribution is 7.07. The third-order valence-corrected chi connectivity index (χ3v) is 8.85. The van der Waals surface area contributed by atoms with Crippen LogP contribution in [-0.4, -0.2) is 29.9 Å². The molecule has 0 N–H and O–H groups in total. The average molecular weight is 655 g/mol. The molecule has 8 nitrogen and oxygen atoms in total. The molecule has 2 heterocycles. The number of carbonyl (C=O) groups excluding carboxylic acids is 1. The molecule has 0 fully saturated rings. The quantitative estimate of drug-likeness (QED) is 0.172. The van der Waals surface area contributed by atoms with Gasteiger partial charge >= 0.3 is 5.97 Å². The highest BCUT2D eigenvalue weighted by Crippen LogP contribution is 2.33. The zero-order chi connectivity index (χ0) is 33.8. The van der Waals surface area contributed by atoms with Gasteiger partial charge in [0.15, 0.2) is 16.3 Å². The Morgan fingerprint density at radius 1 is 0.936 bits per heavy atom. The van der Waals surface area contributed by atoms with Crippen LogP contribution in [-0.2, 0) is 16.1 Å². The van der Waals surface area contributed by atoms with Gasteiger partial charge in [-0.2, -0.15) is 0 Å². The molecule has 0 radical (unpaired) electrons. The molecule has 4 aromatic rings. The van der Waals surface area contributed by atoms with E-state index in [1.807, 2.05) is 69.3 Å². The average Bonchev–Trinajstić information content (AvgIpc) is 3.31. The van der Waals surface area contributed by atoms with Gasteiger partial charge in [-0.1, -0.05) is 47.2 Å². The van der Waals surface area contributed by atoms with Gasteiger partial charge in [0, 0.05) is 0 Å². The molecule has 9 heteroatoms. The number of hydrogen-bond acceptors (Lipinski definition) is 8. The Bertz CT molecular complexity index is 1980. The third-order valence-electron chi connectivity index (χ3n) is 7.86. The number of esters is 1. The van der Waals surface area contributed by atoms with E-state index in [1.165, 1.54) is 28.0 Å². The SMILES string of the molecule is CCOC(=O)C1=C(C)N=c2s/c(=C\c3ccc(OCc4c(C)cc(C)cc4C)c(OCC)c3)c(=O)n2[C@@H]1c1ccc(OC(C)C)cc1. The zero-order valence-electron chi connectivity index (χ0n) is 28.3. The molecule has 246 valence electrons. The number of ether oxygens (including phenoxy) is 4. The minimum absolute atomic E-state index is 0.0150. The van der Waals surface area contributed by atoms with Gasteiger partial charge in [-0.15, -0.1) is 0 Å². The fourth-order valence-corrected chi connectivity index (χ4v) is 6.90. The lowest BCUT2D eigenvalue weighted by Crippen LogP contribution is -2.39. The number of aromatic nitrogens is 1. The lowest BCUT2D eigenvalue weighted by atomic mass is 9.96. The van der Waals surface area contributed by atoms with Crippen LogP contribution in [0.5, 0.6) is 17.2 Å². The smallest absolute Gasteiger partial charge is 0.338 e. The van der Waals surface area contributed by atoms with Gasteiger partial charge in [0.2, 0.25) is 0 Å². The van der Waals surface area contributed by atoms with Gasteiger partial charge in [-0.25, -0.2) is 9.79 Å². The fourth-order valence-electron chi connectivity index (χ4n) is 5.85. The number of hydrogen-bond donors (Lipinski definition) is 0. The lowest BCUT2D eigenvalue weighted by molar-refractivity contribution is -0.139. The van der Waals surface area contributed by atoms with Crippen molar-refractivity contribution < 1.29 is 23.7 Å². The summed E-state index contributed by atoms with van der Waals surface area (Å²) in [6.07, 6.45) is 1.84. The standard InChI is InChI=1S/C38H42N2O6S/c1-9-43-32-19-27(11-16-31(32)45-21-30-24(6)17-23(5)18-25(30)7)20-33-36(41)40-35(28-12-14-29(15-13-28)46-22(3)4)34(37(42)44-10-2)26(8)39-38(40)47-33/h11-20,22,35H,9-10,21H2,1-8H3/b33-20-/t35-/m1/s1. The maximum absolute atomic E-state index is 14.1. The minimum Gasteiger partial charge on any atom is -0.491 e. The van der Waals surface area contributed by atoms with E-state index in [4.69, 9.17) is 23.9 Å². The maximum Gasteiger partial charge on any atom is 0.338 e. The Morgan fingerprint density at radius 3 is 2.28 bits per heavy atom. The molecular formula is C38H42N2O6S. The van der Waals surface area contributed by atoms with Crippen LogP contribution in [0.4, 0.5) is 0 Å². The first-order valence-electron chi connectivity index (χ1n) is 15.9. The maximum atomic E-state index is 14.1. The van der Waals surface area contributed by atoms with Crippen molar-refractivity contribution in [1.82, 2.24) is 4.57 Å². The number of rotatable bonds is 11. The summed E-state index contributed by atoms with van der Waals surface area (Å²) in [4.78, 5) is 32.5. The van der Waals surface area contributed by atoms with Crippen LogP contribution in [0.1, 0.15) is 74.0 Å². The molecule has 0 saturated heterocycles. The van der Waals surface area contributed by atoms with Crippen molar-refractivity contribution in [1.29, 1.82) is 0 Å². The second-order valence-electron chi connectivity index (χ2n) is 11.8. The highest BCUT2D eigenvalue weighted by atomic mass is 32.1. The van der Waals surface area contributed by atoms with E-state index in [2.05, 4.69) is 32.9 Å². The summed E-state index contributed by atoms with van der Waals surface area (Å²) in [6.45, 7) is 16.8. The van der Waals surface area contributed by atoms with Crippen molar-refractivity contribution in [3.63, 3.8) is 0 Å². The van der Waals surface area contributed by atoms with Gasteiger partial charge in [-0.05, 0) is 114 Å². The van der Waals surface area contributed by atoms with Gasteiger partial charge in [-0.3, -0.25) is 9.36 Å². The molecule has 0 aliphatic carbocycles. The van der Waals surface area contributed by atoms with Crippen molar-refractivity contribution in [2.45, 2.75) is 74.1 Å². The van der Waals surface area contributed by atoms with E-state index in [0.29, 0.717) is 51.1 Å². The predicted molar refractivity (Wildman–Crippen MR) is 185 cm³/mol. The van der Waals surface area contributed by atoms with E-state index in [1.54, 1.807) is 18.4 Å². The Morgan fingerprint density at radius 2 is 1.64 bits per heavy atom.